The highest BCUT2D eigenvalue weighted by Crippen LogP contribution is 2.05. The molecule has 1 heterocycles. The second-order valence-electron chi connectivity index (χ2n) is 5.68. The maximum absolute atomic E-state index is 5.75. The maximum atomic E-state index is 5.75. The Morgan fingerprint density at radius 3 is 2.07 bits per heavy atom. The van der Waals surface area contributed by atoms with Gasteiger partial charge in [0.05, 0.1) is 5.54 Å². The quantitative estimate of drug-likeness (QED) is 0.656. The van der Waals surface area contributed by atoms with Crippen molar-refractivity contribution in [3.63, 3.8) is 0 Å². The Bertz CT molecular complexity index is 340. The topological polar surface area (TPSA) is 72.6 Å². The fraction of sp³-hybridized carbons (Fsp3) is 0.889. The van der Waals surface area contributed by atoms with Crippen LogP contribution >= 0.6 is 0 Å². The highest BCUT2D eigenvalue weighted by molar-refractivity contribution is 5.11. The highest BCUT2D eigenvalue weighted by atomic mass is 15.8. The van der Waals surface area contributed by atoms with Crippen molar-refractivity contribution in [2.45, 2.75) is 52.6 Å². The predicted octanol–water partition coefficient (Wildman–Crippen LogP) is 0.245. The minimum absolute atomic E-state index is 0.0997. The van der Waals surface area contributed by atoms with Gasteiger partial charge in [0, 0.05) is 9.89 Å². The maximum Gasteiger partial charge on any atom is 0.377 e. The van der Waals surface area contributed by atoms with E-state index in [1.54, 1.807) is 4.80 Å². The summed E-state index contributed by atoms with van der Waals surface area (Å²) in [6.45, 7) is 12.2. The molecule has 0 aliphatic heterocycles. The Morgan fingerprint density at radius 1 is 1.20 bits per heavy atom. The summed E-state index contributed by atoms with van der Waals surface area (Å²) in [4.78, 5) is 3.10. The highest BCUT2D eigenvalue weighted by Gasteiger charge is 2.28. The van der Waals surface area contributed by atoms with Gasteiger partial charge in [-0.15, -0.1) is 0 Å². The van der Waals surface area contributed by atoms with Gasteiger partial charge in [0.1, 0.15) is 10.8 Å². The van der Waals surface area contributed by atoms with E-state index in [1.165, 1.54) is 4.79 Å². The number of nitrogens with zero attached hydrogens (tertiary/aromatic N) is 4. The largest absolute Gasteiger partial charge is 0.377 e. The summed E-state index contributed by atoms with van der Waals surface area (Å²) in [5.41, 5.74) is 8.62. The number of nitrogen functional groups attached to an aromatic ring is 1. The van der Waals surface area contributed by atoms with E-state index in [0.717, 1.165) is 0 Å². The lowest BCUT2D eigenvalue weighted by molar-refractivity contribution is -0.854. The van der Waals surface area contributed by atoms with E-state index in [-0.39, 0.29) is 11.1 Å². The second kappa shape index (κ2) is 3.36. The summed E-state index contributed by atoms with van der Waals surface area (Å²) in [6, 6.07) is 0. The van der Waals surface area contributed by atoms with E-state index in [0.29, 0.717) is 5.95 Å². The van der Waals surface area contributed by atoms with Gasteiger partial charge in [-0.1, -0.05) is 0 Å². The molecule has 0 radical (unpaired) electrons. The van der Waals surface area contributed by atoms with Crippen molar-refractivity contribution in [3.8, 4) is 0 Å². The molecule has 0 aromatic carbocycles. The number of anilines is 1. The van der Waals surface area contributed by atoms with E-state index in [2.05, 4.69) is 15.7 Å². The summed E-state index contributed by atoms with van der Waals surface area (Å²) in [5.74, 6) is 0.361. The third-order valence-electron chi connectivity index (χ3n) is 1.63. The van der Waals surface area contributed by atoms with Crippen molar-refractivity contribution in [3.05, 3.63) is 0 Å². The fourth-order valence-electron chi connectivity index (χ4n) is 0.971. The molecule has 0 saturated heterocycles. The molecule has 0 saturated carbocycles. The van der Waals surface area contributed by atoms with Crippen LogP contribution in [0.3, 0.4) is 0 Å². The molecule has 6 nitrogen and oxygen atoms in total. The molecule has 6 heteroatoms. The fourth-order valence-corrected chi connectivity index (χ4v) is 0.971. The Labute approximate surface area is 90.4 Å². The van der Waals surface area contributed by atoms with E-state index in [1.807, 2.05) is 41.5 Å². The Hall–Kier alpha value is -1.33. The van der Waals surface area contributed by atoms with E-state index in [9.17, 15) is 0 Å². The Kier molecular flexibility index (Phi) is 2.63. The lowest BCUT2D eigenvalue weighted by Crippen LogP contribution is -2.55. The number of hydrogen-bond donors (Lipinski definition) is 2. The molecule has 0 aliphatic rings. The molecule has 0 spiro atoms. The van der Waals surface area contributed by atoms with Crippen molar-refractivity contribution in [2.24, 2.45) is 0 Å². The lowest BCUT2D eigenvalue weighted by Gasteiger charge is -2.16. The zero-order valence-electron chi connectivity index (χ0n) is 10.4. The summed E-state index contributed by atoms with van der Waals surface area (Å²) >= 11 is 0. The standard InChI is InChI=1S/C9H21N6/c1-8(2,3)12-14-7(10)11-15(13-14)9(4,5)6/h1-6H3,(H3,10,11,12,13)/q+1. The molecule has 0 aliphatic carbocycles. The minimum Gasteiger partial charge on any atom is -0.343 e. The van der Waals surface area contributed by atoms with E-state index >= 15 is 0 Å². The van der Waals surface area contributed by atoms with Gasteiger partial charge in [0.2, 0.25) is 0 Å². The third kappa shape index (κ3) is 3.07. The van der Waals surface area contributed by atoms with Gasteiger partial charge in [0.15, 0.2) is 0 Å². The molecule has 1 aromatic rings. The normalized spacial score (nSPS) is 12.9. The average Bonchev–Trinajstić information content (AvgIpc) is 2.27. The number of rotatable bonds is 1. The van der Waals surface area contributed by atoms with Crippen LogP contribution < -0.4 is 16.0 Å². The van der Waals surface area contributed by atoms with E-state index < -0.39 is 0 Å². The van der Waals surface area contributed by atoms with Gasteiger partial charge >= 0.3 is 5.95 Å². The van der Waals surface area contributed by atoms with Crippen LogP contribution in [-0.2, 0) is 5.54 Å². The van der Waals surface area contributed by atoms with Crippen LogP contribution in [0.2, 0.25) is 0 Å². The minimum atomic E-state index is -0.168. The van der Waals surface area contributed by atoms with Gasteiger partial charge in [0.25, 0.3) is 0 Å². The average molecular weight is 213 g/mol. The number of tetrazole rings is 1. The van der Waals surface area contributed by atoms with Crippen LogP contribution in [0.1, 0.15) is 41.5 Å². The van der Waals surface area contributed by atoms with Crippen LogP contribution in [0.25, 0.3) is 0 Å². The smallest absolute Gasteiger partial charge is 0.343 e. The van der Waals surface area contributed by atoms with Crippen molar-refractivity contribution in [2.75, 3.05) is 11.2 Å². The molecule has 86 valence electrons. The first-order valence-corrected chi connectivity index (χ1v) is 5.03. The molecule has 0 fully saturated rings. The predicted molar refractivity (Wildman–Crippen MR) is 58.7 cm³/mol. The van der Waals surface area contributed by atoms with Crippen LogP contribution in [0.4, 0.5) is 5.95 Å². The summed E-state index contributed by atoms with van der Waals surface area (Å²) in [5, 5.41) is 8.40. The SMILES string of the molecule is CC(C)(C)Nn1n[n+](C(C)(C)C)nc1N. The van der Waals surface area contributed by atoms with Crippen LogP contribution in [-0.4, -0.2) is 20.6 Å². The van der Waals surface area contributed by atoms with E-state index in [4.69, 9.17) is 5.73 Å². The molecule has 0 atom stereocenters. The van der Waals surface area contributed by atoms with Crippen molar-refractivity contribution >= 4 is 5.95 Å². The molecular weight excluding hydrogens is 192 g/mol. The molecule has 0 bridgehead atoms. The number of hydrogen-bond acceptors (Lipinski definition) is 4. The molecule has 3 N–H and O–H groups in total. The molecule has 0 unspecified atom stereocenters. The van der Waals surface area contributed by atoms with Gasteiger partial charge in [-0.2, -0.15) is 0 Å². The number of aromatic nitrogens is 4. The second-order valence-corrected chi connectivity index (χ2v) is 5.68. The lowest BCUT2D eigenvalue weighted by atomic mass is 10.1. The van der Waals surface area contributed by atoms with Gasteiger partial charge in [-0.05, 0) is 46.3 Å². The Balaban J connectivity index is 2.97. The number of nitrogens with one attached hydrogen (secondary N) is 1. The first-order chi connectivity index (χ1) is 6.59. The molecule has 15 heavy (non-hydrogen) atoms. The first-order valence-electron chi connectivity index (χ1n) is 5.03. The van der Waals surface area contributed by atoms with Crippen LogP contribution in [0.5, 0.6) is 0 Å². The van der Waals surface area contributed by atoms with Crippen molar-refractivity contribution in [1.82, 2.24) is 15.1 Å². The third-order valence-corrected chi connectivity index (χ3v) is 1.63. The summed E-state index contributed by atoms with van der Waals surface area (Å²) in [6.07, 6.45) is 0. The number of nitrogens with two attached hydrogens (primary N) is 1. The first kappa shape index (κ1) is 11.7. The van der Waals surface area contributed by atoms with Gasteiger partial charge in [-0.25, -0.2) is 5.43 Å². The van der Waals surface area contributed by atoms with Crippen molar-refractivity contribution < 1.29 is 4.80 Å². The van der Waals surface area contributed by atoms with Crippen LogP contribution in [0.15, 0.2) is 0 Å². The van der Waals surface area contributed by atoms with Crippen molar-refractivity contribution in [1.29, 1.82) is 0 Å². The Morgan fingerprint density at radius 2 is 1.73 bits per heavy atom. The summed E-state index contributed by atoms with van der Waals surface area (Å²) < 4.78 is 0. The summed E-state index contributed by atoms with van der Waals surface area (Å²) in [7, 11) is 0. The zero-order chi connectivity index (χ0) is 11.9. The van der Waals surface area contributed by atoms with Gasteiger partial charge < -0.3 is 5.73 Å². The zero-order valence-corrected chi connectivity index (χ0v) is 10.4. The molecule has 1 rings (SSSR count). The molecular formula is C9H21N6+. The molecule has 0 amide bonds. The monoisotopic (exact) mass is 213 g/mol. The molecule has 1 aromatic heterocycles. The van der Waals surface area contributed by atoms with Crippen LogP contribution in [0, 0.1) is 0 Å². The van der Waals surface area contributed by atoms with Gasteiger partial charge in [-0.3, -0.25) is 0 Å².